The molecular weight excluding hydrogens is 252 g/mol. The lowest BCUT2D eigenvalue weighted by atomic mass is 10.2. The minimum absolute atomic E-state index is 0.429. The van der Waals surface area contributed by atoms with E-state index in [-0.39, 0.29) is 0 Å². The fourth-order valence-corrected chi connectivity index (χ4v) is 2.10. The van der Waals surface area contributed by atoms with Crippen molar-refractivity contribution in [1.29, 1.82) is 0 Å². The van der Waals surface area contributed by atoms with Gasteiger partial charge in [-0.2, -0.15) is 0 Å². The predicted molar refractivity (Wildman–Crippen MR) is 77.6 cm³/mol. The van der Waals surface area contributed by atoms with Crippen molar-refractivity contribution in [3.63, 3.8) is 0 Å². The minimum Gasteiger partial charge on any atom is -0.486 e. The number of ether oxygens (including phenoxy) is 2. The molecule has 0 aliphatic rings. The van der Waals surface area contributed by atoms with Crippen LogP contribution in [0.4, 0.5) is 0 Å². The standard InChI is InChI=1S/C16H16N2O2/c1-19-10-12-7-8-14-15(9-12)18-16(17-14)11-20-13-5-3-2-4-6-13/h2-9H,10-11H2,1H3,(H,17,18). The van der Waals surface area contributed by atoms with E-state index in [1.54, 1.807) is 7.11 Å². The highest BCUT2D eigenvalue weighted by molar-refractivity contribution is 5.75. The normalized spacial score (nSPS) is 10.8. The average Bonchev–Trinajstić information content (AvgIpc) is 2.89. The van der Waals surface area contributed by atoms with Gasteiger partial charge in [-0.05, 0) is 29.8 Å². The summed E-state index contributed by atoms with van der Waals surface area (Å²) in [5, 5.41) is 0. The Kier molecular flexibility index (Phi) is 3.65. The maximum absolute atomic E-state index is 5.68. The number of hydrogen-bond donors (Lipinski definition) is 1. The van der Waals surface area contributed by atoms with Crippen LogP contribution in [0.2, 0.25) is 0 Å². The van der Waals surface area contributed by atoms with Crippen molar-refractivity contribution in [2.45, 2.75) is 13.2 Å². The van der Waals surface area contributed by atoms with Crippen molar-refractivity contribution in [2.24, 2.45) is 0 Å². The van der Waals surface area contributed by atoms with Gasteiger partial charge in [0.2, 0.25) is 0 Å². The number of imidazole rings is 1. The molecule has 0 saturated carbocycles. The molecule has 102 valence electrons. The van der Waals surface area contributed by atoms with Gasteiger partial charge in [0.25, 0.3) is 0 Å². The lowest BCUT2D eigenvalue weighted by Crippen LogP contribution is -1.96. The Hall–Kier alpha value is -2.33. The van der Waals surface area contributed by atoms with Crippen LogP contribution in [-0.4, -0.2) is 17.1 Å². The molecule has 0 aliphatic heterocycles. The highest BCUT2D eigenvalue weighted by atomic mass is 16.5. The zero-order valence-corrected chi connectivity index (χ0v) is 11.3. The molecule has 2 aromatic carbocycles. The number of aromatic nitrogens is 2. The Morgan fingerprint density at radius 2 is 1.90 bits per heavy atom. The van der Waals surface area contributed by atoms with Gasteiger partial charge in [0.05, 0.1) is 17.6 Å². The van der Waals surface area contributed by atoms with E-state index in [1.165, 1.54) is 0 Å². The third kappa shape index (κ3) is 2.81. The summed E-state index contributed by atoms with van der Waals surface area (Å²) in [7, 11) is 1.69. The fraction of sp³-hybridized carbons (Fsp3) is 0.188. The lowest BCUT2D eigenvalue weighted by Gasteiger charge is -2.02. The second-order valence-electron chi connectivity index (χ2n) is 4.57. The van der Waals surface area contributed by atoms with Gasteiger partial charge < -0.3 is 14.5 Å². The molecule has 0 atom stereocenters. The molecule has 0 bridgehead atoms. The van der Waals surface area contributed by atoms with Crippen LogP contribution in [0.5, 0.6) is 5.75 Å². The first kappa shape index (κ1) is 12.7. The lowest BCUT2D eigenvalue weighted by molar-refractivity contribution is 0.185. The summed E-state index contributed by atoms with van der Waals surface area (Å²) in [5.74, 6) is 1.66. The molecule has 4 nitrogen and oxygen atoms in total. The summed E-state index contributed by atoms with van der Waals surface area (Å²) < 4.78 is 10.8. The number of nitrogens with one attached hydrogen (secondary N) is 1. The van der Waals surface area contributed by atoms with Crippen LogP contribution in [-0.2, 0) is 18.0 Å². The van der Waals surface area contributed by atoms with Gasteiger partial charge >= 0.3 is 0 Å². The summed E-state index contributed by atoms with van der Waals surface area (Å²) in [4.78, 5) is 7.78. The molecule has 0 radical (unpaired) electrons. The molecule has 0 aliphatic carbocycles. The first-order valence-electron chi connectivity index (χ1n) is 6.49. The van der Waals surface area contributed by atoms with Crippen molar-refractivity contribution in [2.75, 3.05) is 7.11 Å². The summed E-state index contributed by atoms with van der Waals surface area (Å²) in [6, 6.07) is 15.8. The smallest absolute Gasteiger partial charge is 0.146 e. The number of aromatic amines is 1. The second kappa shape index (κ2) is 5.75. The Bertz CT molecular complexity index is 692. The molecule has 0 spiro atoms. The largest absolute Gasteiger partial charge is 0.486 e. The van der Waals surface area contributed by atoms with Crippen LogP contribution >= 0.6 is 0 Å². The van der Waals surface area contributed by atoms with Crippen molar-refractivity contribution in [1.82, 2.24) is 9.97 Å². The summed E-state index contributed by atoms with van der Waals surface area (Å²) in [5.41, 5.74) is 3.07. The van der Waals surface area contributed by atoms with Crippen molar-refractivity contribution in [3.05, 3.63) is 59.9 Å². The predicted octanol–water partition coefficient (Wildman–Crippen LogP) is 3.29. The SMILES string of the molecule is COCc1ccc2nc(COc3ccccc3)[nH]c2c1. The first-order chi connectivity index (χ1) is 9.85. The quantitative estimate of drug-likeness (QED) is 0.772. The fourth-order valence-electron chi connectivity index (χ4n) is 2.10. The molecule has 3 rings (SSSR count). The number of rotatable bonds is 5. The Morgan fingerprint density at radius 1 is 1.05 bits per heavy atom. The molecular formula is C16H16N2O2. The third-order valence-electron chi connectivity index (χ3n) is 3.03. The van der Waals surface area contributed by atoms with Gasteiger partial charge in [0.1, 0.15) is 18.2 Å². The van der Waals surface area contributed by atoms with Gasteiger partial charge in [0.15, 0.2) is 0 Å². The van der Waals surface area contributed by atoms with Crippen molar-refractivity contribution >= 4 is 11.0 Å². The summed E-state index contributed by atoms with van der Waals surface area (Å²) in [6.45, 7) is 1.03. The van der Waals surface area contributed by atoms with E-state index in [1.807, 2.05) is 42.5 Å². The van der Waals surface area contributed by atoms with E-state index in [0.29, 0.717) is 13.2 Å². The molecule has 1 N–H and O–H groups in total. The zero-order valence-electron chi connectivity index (χ0n) is 11.3. The molecule has 3 aromatic rings. The maximum Gasteiger partial charge on any atom is 0.146 e. The second-order valence-corrected chi connectivity index (χ2v) is 4.57. The number of methoxy groups -OCH3 is 1. The minimum atomic E-state index is 0.429. The van der Waals surface area contributed by atoms with Crippen LogP contribution < -0.4 is 4.74 Å². The molecule has 1 aromatic heterocycles. The number of benzene rings is 2. The molecule has 0 fully saturated rings. The molecule has 4 heteroatoms. The average molecular weight is 268 g/mol. The highest BCUT2D eigenvalue weighted by Gasteiger charge is 2.04. The van der Waals surface area contributed by atoms with E-state index in [9.17, 15) is 0 Å². The molecule has 0 amide bonds. The van der Waals surface area contributed by atoms with Gasteiger partial charge in [0, 0.05) is 7.11 Å². The Labute approximate surface area is 117 Å². The van der Waals surface area contributed by atoms with Gasteiger partial charge in [-0.3, -0.25) is 0 Å². The van der Waals surface area contributed by atoms with E-state index >= 15 is 0 Å². The van der Waals surface area contributed by atoms with Crippen LogP contribution in [0.3, 0.4) is 0 Å². The van der Waals surface area contributed by atoms with Gasteiger partial charge in [-0.15, -0.1) is 0 Å². The summed E-state index contributed by atoms with van der Waals surface area (Å²) >= 11 is 0. The topological polar surface area (TPSA) is 47.1 Å². The third-order valence-corrected chi connectivity index (χ3v) is 3.03. The van der Waals surface area contributed by atoms with E-state index in [2.05, 4.69) is 16.0 Å². The van der Waals surface area contributed by atoms with Crippen molar-refractivity contribution in [3.8, 4) is 5.75 Å². The number of H-pyrrole nitrogens is 1. The number of nitrogens with zero attached hydrogens (tertiary/aromatic N) is 1. The highest BCUT2D eigenvalue weighted by Crippen LogP contribution is 2.16. The van der Waals surface area contributed by atoms with E-state index < -0.39 is 0 Å². The number of hydrogen-bond acceptors (Lipinski definition) is 3. The molecule has 20 heavy (non-hydrogen) atoms. The maximum atomic E-state index is 5.68. The Morgan fingerprint density at radius 3 is 2.70 bits per heavy atom. The number of fused-ring (bicyclic) bond motifs is 1. The first-order valence-corrected chi connectivity index (χ1v) is 6.49. The van der Waals surface area contributed by atoms with Crippen LogP contribution in [0.25, 0.3) is 11.0 Å². The van der Waals surface area contributed by atoms with Crippen molar-refractivity contribution < 1.29 is 9.47 Å². The monoisotopic (exact) mass is 268 g/mol. The van der Waals surface area contributed by atoms with Crippen LogP contribution in [0, 0.1) is 0 Å². The summed E-state index contributed by atoms with van der Waals surface area (Å²) in [6.07, 6.45) is 0. The molecule has 0 saturated heterocycles. The van der Waals surface area contributed by atoms with Gasteiger partial charge in [-0.1, -0.05) is 24.3 Å². The van der Waals surface area contributed by atoms with Gasteiger partial charge in [-0.25, -0.2) is 4.98 Å². The molecule has 1 heterocycles. The van der Waals surface area contributed by atoms with Crippen LogP contribution in [0.15, 0.2) is 48.5 Å². The van der Waals surface area contributed by atoms with E-state index in [4.69, 9.17) is 9.47 Å². The van der Waals surface area contributed by atoms with Crippen LogP contribution in [0.1, 0.15) is 11.4 Å². The zero-order chi connectivity index (χ0) is 13.8. The molecule has 0 unspecified atom stereocenters. The van der Waals surface area contributed by atoms with E-state index in [0.717, 1.165) is 28.2 Å². The Balaban J connectivity index is 1.75. The number of para-hydroxylation sites is 1.